The van der Waals surface area contributed by atoms with Crippen LogP contribution in [0.15, 0.2) is 158 Å². The van der Waals surface area contributed by atoms with Crippen molar-refractivity contribution in [2.45, 2.75) is 33.0 Å². The van der Waals surface area contributed by atoms with Crippen molar-refractivity contribution in [2.75, 3.05) is 0 Å². The summed E-state index contributed by atoms with van der Waals surface area (Å²) in [4.78, 5) is 9.98. The number of benzene rings is 6. The van der Waals surface area contributed by atoms with Gasteiger partial charge in [-0.2, -0.15) is 0 Å². The van der Waals surface area contributed by atoms with E-state index in [0.29, 0.717) is 39.4 Å². The molecule has 1 N–H and O–H groups in total. The summed E-state index contributed by atoms with van der Waals surface area (Å²) in [5.41, 5.74) is 8.42. The second-order valence-corrected chi connectivity index (χ2v) is 13.5. The Morgan fingerprint density at radius 2 is 1.41 bits per heavy atom. The van der Waals surface area contributed by atoms with Gasteiger partial charge in [0.05, 0.1) is 34.8 Å². The van der Waals surface area contributed by atoms with E-state index in [1.54, 1.807) is 54.7 Å². The van der Waals surface area contributed by atoms with Crippen molar-refractivity contribution in [3.63, 3.8) is 0 Å². The molecule has 8 rings (SSSR count). The van der Waals surface area contributed by atoms with Crippen molar-refractivity contribution in [3.8, 4) is 67.5 Å². The molecule has 0 aliphatic carbocycles. The van der Waals surface area contributed by atoms with Gasteiger partial charge < -0.3 is 5.11 Å². The molecule has 0 fully saturated rings. The lowest BCUT2D eigenvalue weighted by molar-refractivity contribution is 0.477. The molecule has 2 heterocycles. The lowest BCUT2D eigenvalue weighted by Gasteiger charge is -2.22. The van der Waals surface area contributed by atoms with E-state index in [1.807, 2.05) is 65.2 Å². The topological polar surface area (TPSA) is 50.9 Å². The number of phenolic OH excluding ortho intramolecular Hbond substituents is 1. The lowest BCUT2D eigenvalue weighted by atomic mass is 9.83. The molecular formula is C47H39N3O. The minimum atomic E-state index is -2.34. The standard InChI is InChI=1S/C47H39N3O/c1-31-22-23-42(40(26-31)33-16-9-6-10-17-33)50-43-20-13-19-38(45(43)49-46(50)39-18-11-12-21-44(39)51)35-27-36(29-37(28-35)47(2,3)4)41-30-34(24-25-48-41)32-14-7-5-8-15-32/h5-30,51H,1-4H3/i1D3,5D,7D,8D,14D,15D. The Balaban J connectivity index is 1.39. The van der Waals surface area contributed by atoms with Gasteiger partial charge in [0.2, 0.25) is 0 Å². The summed E-state index contributed by atoms with van der Waals surface area (Å²) in [5.74, 6) is 0.498. The number of aromatic nitrogens is 3. The Hall–Kier alpha value is -6.26. The summed E-state index contributed by atoms with van der Waals surface area (Å²) < 4.78 is 68.4. The third kappa shape index (κ3) is 6.10. The molecule has 0 saturated carbocycles. The monoisotopic (exact) mass is 669 g/mol. The average Bonchev–Trinajstić information content (AvgIpc) is 3.61. The van der Waals surface area contributed by atoms with Crippen LogP contribution in [0.5, 0.6) is 5.75 Å². The zero-order chi connectivity index (χ0) is 42.0. The number of hydrogen-bond acceptors (Lipinski definition) is 3. The smallest absolute Gasteiger partial charge is 0.149 e. The lowest BCUT2D eigenvalue weighted by Crippen LogP contribution is -2.11. The Labute approximate surface area is 310 Å². The molecule has 248 valence electrons. The maximum atomic E-state index is 11.3. The first-order valence-electron chi connectivity index (χ1n) is 20.7. The zero-order valence-corrected chi connectivity index (χ0v) is 28.4. The van der Waals surface area contributed by atoms with E-state index in [4.69, 9.17) is 20.9 Å². The molecule has 0 aliphatic heterocycles. The van der Waals surface area contributed by atoms with Gasteiger partial charge >= 0.3 is 0 Å². The third-order valence-electron chi connectivity index (χ3n) is 9.11. The predicted octanol–water partition coefficient (Wildman–Crippen LogP) is 12.1. The molecule has 0 aliphatic rings. The molecule has 0 saturated heterocycles. The summed E-state index contributed by atoms with van der Waals surface area (Å²) in [5, 5.41) is 11.3. The quantitative estimate of drug-likeness (QED) is 0.192. The van der Waals surface area contributed by atoms with Gasteiger partial charge in [-0.15, -0.1) is 0 Å². The molecule has 8 aromatic rings. The van der Waals surface area contributed by atoms with E-state index < -0.39 is 25.0 Å². The molecule has 0 spiro atoms. The van der Waals surface area contributed by atoms with Gasteiger partial charge in [-0.05, 0) is 94.7 Å². The highest BCUT2D eigenvalue weighted by Crippen LogP contribution is 2.41. The van der Waals surface area contributed by atoms with Crippen LogP contribution in [0.3, 0.4) is 0 Å². The van der Waals surface area contributed by atoms with Crippen molar-refractivity contribution in [1.29, 1.82) is 0 Å². The van der Waals surface area contributed by atoms with E-state index >= 15 is 0 Å². The number of aromatic hydroxyl groups is 1. The number of aryl methyl sites for hydroxylation is 1. The number of hydrogen-bond donors (Lipinski definition) is 1. The van der Waals surface area contributed by atoms with Crippen molar-refractivity contribution >= 4 is 11.0 Å². The van der Waals surface area contributed by atoms with Crippen molar-refractivity contribution in [2.24, 2.45) is 0 Å². The molecule has 4 heteroatoms. The van der Waals surface area contributed by atoms with Crippen LogP contribution < -0.4 is 0 Å². The van der Waals surface area contributed by atoms with E-state index in [1.165, 1.54) is 0 Å². The van der Waals surface area contributed by atoms with Crippen LogP contribution in [0.1, 0.15) is 42.9 Å². The molecule has 51 heavy (non-hydrogen) atoms. The fraction of sp³-hybridized carbons (Fsp3) is 0.106. The number of para-hydroxylation sites is 2. The summed E-state index contributed by atoms with van der Waals surface area (Å²) in [7, 11) is 0. The molecule has 0 radical (unpaired) electrons. The first-order chi connectivity index (χ1) is 28.0. The zero-order valence-electron chi connectivity index (χ0n) is 36.4. The average molecular weight is 670 g/mol. The molecule has 0 unspecified atom stereocenters. The minimum absolute atomic E-state index is 0.0352. The number of nitrogens with zero attached hydrogens (tertiary/aromatic N) is 3. The van der Waals surface area contributed by atoms with Crippen LogP contribution in [-0.2, 0) is 5.41 Å². The summed E-state index contributed by atoms with van der Waals surface area (Å²) in [6, 6.07) is 35.4. The highest BCUT2D eigenvalue weighted by molar-refractivity contribution is 5.97. The van der Waals surface area contributed by atoms with Gasteiger partial charge in [0.15, 0.2) is 0 Å². The highest BCUT2D eigenvalue weighted by atomic mass is 16.3. The van der Waals surface area contributed by atoms with Crippen molar-refractivity contribution in [1.82, 2.24) is 14.5 Å². The Morgan fingerprint density at radius 3 is 2.20 bits per heavy atom. The van der Waals surface area contributed by atoms with E-state index in [9.17, 15) is 5.11 Å². The number of fused-ring (bicyclic) bond motifs is 1. The van der Waals surface area contributed by atoms with Gasteiger partial charge in [0.1, 0.15) is 11.6 Å². The van der Waals surface area contributed by atoms with Gasteiger partial charge in [-0.25, -0.2) is 4.98 Å². The maximum Gasteiger partial charge on any atom is 0.149 e. The number of rotatable bonds is 6. The molecular weight excluding hydrogens is 623 g/mol. The summed E-state index contributed by atoms with van der Waals surface area (Å²) in [6.45, 7) is 4.01. The second kappa shape index (κ2) is 12.9. The van der Waals surface area contributed by atoms with Gasteiger partial charge in [-0.3, -0.25) is 9.55 Å². The molecule has 0 atom stereocenters. The first-order valence-corrected chi connectivity index (χ1v) is 16.7. The Bertz CT molecular complexity index is 2900. The molecule has 4 nitrogen and oxygen atoms in total. The predicted molar refractivity (Wildman–Crippen MR) is 211 cm³/mol. The molecule has 6 aromatic carbocycles. The van der Waals surface area contributed by atoms with Gasteiger partial charge in [-0.1, -0.05) is 123 Å². The van der Waals surface area contributed by atoms with E-state index in [-0.39, 0.29) is 34.4 Å². The summed E-state index contributed by atoms with van der Waals surface area (Å²) >= 11 is 0. The third-order valence-corrected chi connectivity index (χ3v) is 9.11. The molecule has 0 amide bonds. The summed E-state index contributed by atoms with van der Waals surface area (Å²) in [6.07, 6.45) is 1.58. The normalized spacial score (nSPS) is 14.1. The van der Waals surface area contributed by atoms with Crippen molar-refractivity contribution in [3.05, 3.63) is 169 Å². The Morgan fingerprint density at radius 1 is 0.647 bits per heavy atom. The Kier molecular flexibility index (Phi) is 6.06. The fourth-order valence-corrected chi connectivity index (χ4v) is 6.50. The molecule has 2 aromatic heterocycles. The molecule has 0 bridgehead atoms. The number of phenols is 1. The van der Waals surface area contributed by atoms with Crippen LogP contribution in [0, 0.1) is 6.85 Å². The van der Waals surface area contributed by atoms with Crippen LogP contribution in [-0.4, -0.2) is 19.6 Å². The van der Waals surface area contributed by atoms with Gasteiger partial charge in [0.25, 0.3) is 0 Å². The second-order valence-electron chi connectivity index (χ2n) is 13.5. The van der Waals surface area contributed by atoms with Crippen molar-refractivity contribution < 1.29 is 16.1 Å². The van der Waals surface area contributed by atoms with E-state index in [0.717, 1.165) is 33.3 Å². The maximum absolute atomic E-state index is 11.3. The highest BCUT2D eigenvalue weighted by Gasteiger charge is 2.23. The first kappa shape index (κ1) is 24.0. The van der Waals surface area contributed by atoms with E-state index in [2.05, 4.69) is 32.9 Å². The van der Waals surface area contributed by atoms with Crippen LogP contribution in [0.2, 0.25) is 0 Å². The van der Waals surface area contributed by atoms with Gasteiger partial charge in [0, 0.05) is 27.0 Å². The van der Waals surface area contributed by atoms with Crippen LogP contribution in [0.25, 0.3) is 72.7 Å². The fourth-order valence-electron chi connectivity index (χ4n) is 6.50. The number of pyridine rings is 1. The van der Waals surface area contributed by atoms with Crippen LogP contribution >= 0.6 is 0 Å². The van der Waals surface area contributed by atoms with Crippen LogP contribution in [0.4, 0.5) is 0 Å². The number of imidazole rings is 1. The SMILES string of the molecule is [2H]c1c([2H])c([2H])c(-c2ccnc(-c3cc(-c4cccc5c4nc(-c4ccccc4O)n5-c4ccc(C([2H])([2H])[2H])cc4-c4ccccc4)cc(C(C)(C)C)c3)c2)c([2H])c1[2H]. The minimum Gasteiger partial charge on any atom is -0.507 e. The largest absolute Gasteiger partial charge is 0.507 e.